The summed E-state index contributed by atoms with van der Waals surface area (Å²) in [5, 5.41) is 15.8. The summed E-state index contributed by atoms with van der Waals surface area (Å²) in [7, 11) is 1.60. The van der Waals surface area contributed by atoms with Crippen LogP contribution >= 0.6 is 0 Å². The molecule has 1 aliphatic rings. The molecule has 0 saturated carbocycles. The van der Waals surface area contributed by atoms with Crippen LogP contribution in [0.1, 0.15) is 40.0 Å². The lowest BCUT2D eigenvalue weighted by Crippen LogP contribution is -2.37. The molecule has 1 aromatic heterocycles. The molecule has 2 aromatic carbocycles. The Labute approximate surface area is 196 Å². The summed E-state index contributed by atoms with van der Waals surface area (Å²) in [4.78, 5) is 37.6. The van der Waals surface area contributed by atoms with Gasteiger partial charge in [-0.1, -0.05) is 48.5 Å². The topological polar surface area (TPSA) is 114 Å². The van der Waals surface area contributed by atoms with Crippen molar-refractivity contribution in [3.05, 3.63) is 77.1 Å². The zero-order valence-electron chi connectivity index (χ0n) is 19.0. The van der Waals surface area contributed by atoms with Crippen LogP contribution in [-0.4, -0.2) is 57.5 Å². The highest BCUT2D eigenvalue weighted by atomic mass is 16.5. The molecule has 0 unspecified atom stereocenters. The normalized spacial score (nSPS) is 12.1. The number of aryl methyl sites for hydroxylation is 1. The zero-order valence-corrected chi connectivity index (χ0v) is 19.0. The summed E-state index contributed by atoms with van der Waals surface area (Å²) >= 11 is 0. The van der Waals surface area contributed by atoms with Crippen LogP contribution in [-0.2, 0) is 23.1 Å². The Hall–Kier alpha value is -4.14. The van der Waals surface area contributed by atoms with Gasteiger partial charge in [-0.2, -0.15) is 5.10 Å². The Morgan fingerprint density at radius 3 is 2.29 bits per heavy atom. The quantitative estimate of drug-likeness (QED) is 0.532. The maximum Gasteiger partial charge on any atom is 0.407 e. The van der Waals surface area contributed by atoms with Gasteiger partial charge in [0.2, 0.25) is 0 Å². The lowest BCUT2D eigenvalue weighted by molar-refractivity contribution is -0.137. The smallest absolute Gasteiger partial charge is 0.407 e. The van der Waals surface area contributed by atoms with E-state index in [4.69, 9.17) is 9.84 Å². The second-order valence-corrected chi connectivity index (χ2v) is 8.03. The third kappa shape index (κ3) is 4.50. The number of likely N-dealkylation sites (N-methyl/N-ethyl adjacent to an activating group) is 1. The first kappa shape index (κ1) is 23.0. The maximum absolute atomic E-state index is 12.9. The molecule has 1 heterocycles. The van der Waals surface area contributed by atoms with Crippen LogP contribution in [0.4, 0.5) is 4.79 Å². The fourth-order valence-electron chi connectivity index (χ4n) is 4.35. The predicted octanol–water partition coefficient (Wildman–Crippen LogP) is 3.01. The Morgan fingerprint density at radius 1 is 1.09 bits per heavy atom. The third-order valence-electron chi connectivity index (χ3n) is 5.98. The number of nitrogens with one attached hydrogen (secondary N) is 1. The van der Waals surface area contributed by atoms with E-state index >= 15 is 0 Å². The van der Waals surface area contributed by atoms with Crippen molar-refractivity contribution in [2.24, 2.45) is 7.05 Å². The molecule has 0 atom stereocenters. The number of benzene rings is 2. The summed E-state index contributed by atoms with van der Waals surface area (Å²) in [5.74, 6) is -1.62. The molecule has 34 heavy (non-hydrogen) atoms. The summed E-state index contributed by atoms with van der Waals surface area (Å²) in [6, 6.07) is 16.2. The molecule has 0 saturated heterocycles. The monoisotopic (exact) mass is 462 g/mol. The van der Waals surface area contributed by atoms with Gasteiger partial charge in [-0.25, -0.2) is 4.79 Å². The Bertz CT molecular complexity index is 1190. The van der Waals surface area contributed by atoms with Gasteiger partial charge in [-0.3, -0.25) is 14.3 Å². The van der Waals surface area contributed by atoms with Crippen molar-refractivity contribution in [1.29, 1.82) is 0 Å². The molecule has 0 fully saturated rings. The molecule has 0 aliphatic heterocycles. The van der Waals surface area contributed by atoms with Crippen molar-refractivity contribution < 1.29 is 24.2 Å². The summed E-state index contributed by atoms with van der Waals surface area (Å²) in [5.41, 5.74) is 5.23. The van der Waals surface area contributed by atoms with Crippen molar-refractivity contribution in [1.82, 2.24) is 20.0 Å². The third-order valence-corrected chi connectivity index (χ3v) is 5.98. The van der Waals surface area contributed by atoms with Gasteiger partial charge in [0.1, 0.15) is 18.8 Å². The maximum atomic E-state index is 12.9. The van der Waals surface area contributed by atoms with Gasteiger partial charge in [-0.15, -0.1) is 0 Å². The average Bonchev–Trinajstić information content (AvgIpc) is 3.36. The number of hydrogen-bond acceptors (Lipinski definition) is 5. The number of rotatable bonds is 8. The highest BCUT2D eigenvalue weighted by Crippen LogP contribution is 2.44. The van der Waals surface area contributed by atoms with Crippen molar-refractivity contribution in [3.63, 3.8) is 0 Å². The fraction of sp³-hybridized carbons (Fsp3) is 0.280. The van der Waals surface area contributed by atoms with E-state index in [1.807, 2.05) is 36.4 Å². The van der Waals surface area contributed by atoms with Gasteiger partial charge in [0.25, 0.3) is 5.91 Å². The molecule has 0 radical (unpaired) electrons. The molecule has 4 rings (SSSR count). The molecule has 1 aliphatic carbocycles. The number of ether oxygens (including phenoxy) is 1. The predicted molar refractivity (Wildman–Crippen MR) is 124 cm³/mol. The van der Waals surface area contributed by atoms with E-state index in [1.54, 1.807) is 14.0 Å². The zero-order chi connectivity index (χ0) is 24.2. The number of carboxylic acid groups (broad SMARTS) is 1. The number of alkyl carbamates (subject to hydrolysis) is 1. The van der Waals surface area contributed by atoms with Crippen LogP contribution in [0.2, 0.25) is 0 Å². The number of amides is 2. The molecule has 3 aromatic rings. The van der Waals surface area contributed by atoms with E-state index in [0.717, 1.165) is 22.3 Å². The fourth-order valence-corrected chi connectivity index (χ4v) is 4.35. The standard InChI is InChI=1S/C25H26N4O5/c1-3-29(14-22(30)31)24(32)23-16(13-27-28(23)2)12-26-25(33)34-15-21-19-10-6-4-8-17(19)18-9-5-7-11-20(18)21/h4-11,13,21H,3,12,14-15H2,1-2H3,(H,26,33)(H,30,31). The number of carboxylic acids is 1. The van der Waals surface area contributed by atoms with Crippen LogP contribution < -0.4 is 5.32 Å². The first-order chi connectivity index (χ1) is 16.4. The van der Waals surface area contributed by atoms with Gasteiger partial charge < -0.3 is 20.1 Å². The van der Waals surface area contributed by atoms with Gasteiger partial charge in [0.05, 0.1) is 12.7 Å². The molecule has 2 N–H and O–H groups in total. The van der Waals surface area contributed by atoms with Crippen molar-refractivity contribution in [2.75, 3.05) is 19.7 Å². The van der Waals surface area contributed by atoms with Crippen LogP contribution in [0.3, 0.4) is 0 Å². The van der Waals surface area contributed by atoms with Gasteiger partial charge in [-0.05, 0) is 29.2 Å². The van der Waals surface area contributed by atoms with Gasteiger partial charge in [0, 0.05) is 25.1 Å². The highest BCUT2D eigenvalue weighted by Gasteiger charge is 2.29. The second kappa shape index (κ2) is 9.78. The largest absolute Gasteiger partial charge is 0.480 e. The SMILES string of the molecule is CCN(CC(=O)O)C(=O)c1c(CNC(=O)OCC2c3ccccc3-c3ccccc32)cnn1C. The number of aromatic nitrogens is 2. The van der Waals surface area contributed by atoms with Crippen molar-refractivity contribution >= 4 is 18.0 Å². The minimum atomic E-state index is -1.10. The van der Waals surface area contributed by atoms with E-state index in [0.29, 0.717) is 5.56 Å². The average molecular weight is 463 g/mol. The van der Waals surface area contributed by atoms with E-state index in [2.05, 4.69) is 22.5 Å². The Morgan fingerprint density at radius 2 is 1.71 bits per heavy atom. The summed E-state index contributed by atoms with van der Waals surface area (Å²) in [6.45, 7) is 1.72. The minimum absolute atomic E-state index is 0.0240. The Kier molecular flexibility index (Phi) is 6.62. The highest BCUT2D eigenvalue weighted by molar-refractivity contribution is 5.95. The van der Waals surface area contributed by atoms with Crippen molar-refractivity contribution in [3.8, 4) is 11.1 Å². The molecule has 9 heteroatoms. The van der Waals surface area contributed by atoms with E-state index < -0.39 is 24.5 Å². The van der Waals surface area contributed by atoms with E-state index in [9.17, 15) is 14.4 Å². The lowest BCUT2D eigenvalue weighted by Gasteiger charge is -2.19. The van der Waals surface area contributed by atoms with Crippen molar-refractivity contribution in [2.45, 2.75) is 19.4 Å². The van der Waals surface area contributed by atoms with E-state index in [1.165, 1.54) is 15.8 Å². The number of nitrogens with zero attached hydrogens (tertiary/aromatic N) is 3. The van der Waals surface area contributed by atoms with Crippen LogP contribution in [0.5, 0.6) is 0 Å². The molecule has 0 spiro atoms. The minimum Gasteiger partial charge on any atom is -0.480 e. The molecule has 0 bridgehead atoms. The number of carbonyl (C=O) groups excluding carboxylic acids is 2. The molecule has 176 valence electrons. The number of carbonyl (C=O) groups is 3. The second-order valence-electron chi connectivity index (χ2n) is 8.03. The number of fused-ring (bicyclic) bond motifs is 3. The Balaban J connectivity index is 1.40. The molecule has 9 nitrogen and oxygen atoms in total. The van der Waals surface area contributed by atoms with Crippen LogP contribution in [0, 0.1) is 0 Å². The molecule has 2 amide bonds. The number of aliphatic carboxylic acids is 1. The lowest BCUT2D eigenvalue weighted by atomic mass is 9.98. The first-order valence-corrected chi connectivity index (χ1v) is 11.0. The van der Waals surface area contributed by atoms with Gasteiger partial charge >= 0.3 is 12.1 Å². The van der Waals surface area contributed by atoms with Gasteiger partial charge in [0.15, 0.2) is 0 Å². The summed E-state index contributed by atoms with van der Waals surface area (Å²) < 4.78 is 6.92. The molecular weight excluding hydrogens is 436 g/mol. The first-order valence-electron chi connectivity index (χ1n) is 11.0. The van der Waals surface area contributed by atoms with Crippen LogP contribution in [0.25, 0.3) is 11.1 Å². The van der Waals surface area contributed by atoms with E-state index in [-0.39, 0.29) is 31.3 Å². The van der Waals surface area contributed by atoms with Crippen LogP contribution in [0.15, 0.2) is 54.7 Å². The molecular formula is C25H26N4O5. The summed E-state index contributed by atoms with van der Waals surface area (Å²) in [6.07, 6.45) is 0.868. The number of hydrogen-bond donors (Lipinski definition) is 2.